The van der Waals surface area contributed by atoms with Crippen LogP contribution in [0.5, 0.6) is 0 Å². The van der Waals surface area contributed by atoms with Gasteiger partial charge in [-0.3, -0.25) is 14.3 Å². The summed E-state index contributed by atoms with van der Waals surface area (Å²) in [5.74, 6) is 0. The van der Waals surface area contributed by atoms with E-state index in [0.717, 1.165) is 10.8 Å². The molecule has 6 nitrogen and oxygen atoms in total. The first-order valence-corrected chi connectivity index (χ1v) is 5.82. The summed E-state index contributed by atoms with van der Waals surface area (Å²) in [6, 6.07) is 8.37. The lowest BCUT2D eigenvalue weighted by Crippen LogP contribution is -2.30. The van der Waals surface area contributed by atoms with E-state index >= 15 is 0 Å². The predicted octanol–water partition coefficient (Wildman–Crippen LogP) is 1.03. The van der Waals surface area contributed by atoms with Crippen molar-refractivity contribution in [1.29, 1.82) is 10.5 Å². The molecule has 7 heteroatoms. The van der Waals surface area contributed by atoms with Gasteiger partial charge in [0.25, 0.3) is 5.56 Å². The lowest BCUT2D eigenvalue weighted by Gasteiger charge is -2.07. The molecule has 1 N–H and O–H groups in total. The first-order valence-electron chi connectivity index (χ1n) is 5.03. The molecule has 0 saturated heterocycles. The molecule has 0 atom stereocenters. The Kier molecular flexibility index (Phi) is 3.32. The monoisotopic (exact) mass is 316 g/mol. The molecule has 1 heterocycles. The topological polar surface area (TPSA) is 102 Å². The minimum Gasteiger partial charge on any atom is -0.273 e. The van der Waals surface area contributed by atoms with E-state index in [9.17, 15) is 9.59 Å². The lowest BCUT2D eigenvalue weighted by molar-refractivity contribution is 0.886. The third kappa shape index (κ3) is 2.32. The van der Waals surface area contributed by atoms with Gasteiger partial charge < -0.3 is 0 Å². The average molecular weight is 317 g/mol. The minimum atomic E-state index is -0.751. The predicted molar refractivity (Wildman–Crippen MR) is 69.8 cm³/mol. The van der Waals surface area contributed by atoms with Gasteiger partial charge in [0, 0.05) is 10.7 Å². The molecule has 2 rings (SSSR count). The molecule has 0 fully saturated rings. The van der Waals surface area contributed by atoms with Crippen molar-refractivity contribution in [3.63, 3.8) is 0 Å². The number of hydrogen-bond acceptors (Lipinski definition) is 4. The van der Waals surface area contributed by atoms with Gasteiger partial charge in [-0.1, -0.05) is 15.9 Å². The molecule has 1 aromatic carbocycles. The number of nitriles is 2. The maximum atomic E-state index is 11.7. The van der Waals surface area contributed by atoms with Gasteiger partial charge >= 0.3 is 5.69 Å². The zero-order chi connectivity index (χ0) is 14.0. The van der Waals surface area contributed by atoms with E-state index in [1.165, 1.54) is 0 Å². The molecule has 0 aliphatic heterocycles. The van der Waals surface area contributed by atoms with Gasteiger partial charge in [0.1, 0.15) is 17.7 Å². The Balaban J connectivity index is 2.81. The van der Waals surface area contributed by atoms with Crippen LogP contribution in [-0.4, -0.2) is 9.55 Å². The second kappa shape index (κ2) is 4.92. The van der Waals surface area contributed by atoms with E-state index in [4.69, 9.17) is 10.5 Å². The van der Waals surface area contributed by atoms with E-state index in [1.807, 2.05) is 11.1 Å². The van der Waals surface area contributed by atoms with Crippen LogP contribution in [0.2, 0.25) is 0 Å². The van der Waals surface area contributed by atoms with Gasteiger partial charge in [0.2, 0.25) is 0 Å². The Bertz CT molecular complexity index is 852. The summed E-state index contributed by atoms with van der Waals surface area (Å²) in [6.45, 7) is 0. The Morgan fingerprint density at radius 1 is 1.16 bits per heavy atom. The Labute approximate surface area is 115 Å². The van der Waals surface area contributed by atoms with Crippen LogP contribution in [0.15, 0.2) is 38.5 Å². The SMILES string of the molecule is N#Cc1cc(Br)ccc1-n1cc(C#N)c(=O)[nH]c1=O. The molecule has 0 spiro atoms. The normalized spacial score (nSPS) is 9.63. The molecule has 2 aromatic rings. The van der Waals surface area contributed by atoms with Crippen LogP contribution >= 0.6 is 15.9 Å². The van der Waals surface area contributed by atoms with E-state index in [-0.39, 0.29) is 11.1 Å². The quantitative estimate of drug-likeness (QED) is 0.848. The van der Waals surface area contributed by atoms with E-state index < -0.39 is 11.2 Å². The zero-order valence-corrected chi connectivity index (χ0v) is 10.9. The molecule has 0 amide bonds. The second-order valence-corrected chi connectivity index (χ2v) is 4.47. The highest BCUT2D eigenvalue weighted by molar-refractivity contribution is 9.10. The number of aromatic nitrogens is 2. The molecule has 0 unspecified atom stereocenters. The van der Waals surface area contributed by atoms with Crippen LogP contribution in [-0.2, 0) is 0 Å². The summed E-state index contributed by atoms with van der Waals surface area (Å²) >= 11 is 3.22. The van der Waals surface area contributed by atoms with Gasteiger partial charge in [0.05, 0.1) is 11.3 Å². The van der Waals surface area contributed by atoms with Gasteiger partial charge in [-0.15, -0.1) is 0 Å². The van der Waals surface area contributed by atoms with Crippen LogP contribution < -0.4 is 11.2 Å². The standard InChI is InChI=1S/C12H5BrN4O2/c13-9-1-2-10(7(3-9)4-14)17-6-8(5-15)11(18)16-12(17)19/h1-3,6H,(H,16,18,19). The molecule has 19 heavy (non-hydrogen) atoms. The number of H-pyrrole nitrogens is 1. The van der Waals surface area contributed by atoms with Crippen molar-refractivity contribution in [2.75, 3.05) is 0 Å². The lowest BCUT2D eigenvalue weighted by atomic mass is 10.2. The van der Waals surface area contributed by atoms with Crippen LogP contribution in [0.3, 0.4) is 0 Å². The molecule has 0 aliphatic rings. The molecule has 92 valence electrons. The minimum absolute atomic E-state index is 0.202. The fourth-order valence-electron chi connectivity index (χ4n) is 1.54. The summed E-state index contributed by atoms with van der Waals surface area (Å²) in [5.41, 5.74) is -1.12. The van der Waals surface area contributed by atoms with E-state index in [2.05, 4.69) is 15.9 Å². The molecule has 0 aliphatic carbocycles. The van der Waals surface area contributed by atoms with E-state index in [1.54, 1.807) is 24.3 Å². The smallest absolute Gasteiger partial charge is 0.273 e. The van der Waals surface area contributed by atoms with Crippen molar-refractivity contribution in [2.24, 2.45) is 0 Å². The van der Waals surface area contributed by atoms with Crippen molar-refractivity contribution < 1.29 is 0 Å². The number of nitrogens with one attached hydrogen (secondary N) is 1. The highest BCUT2D eigenvalue weighted by Crippen LogP contribution is 2.18. The third-order valence-electron chi connectivity index (χ3n) is 2.40. The Morgan fingerprint density at radius 2 is 1.84 bits per heavy atom. The summed E-state index contributed by atoms with van der Waals surface area (Å²) in [4.78, 5) is 25.1. The second-order valence-electron chi connectivity index (χ2n) is 3.56. The molecule has 1 aromatic heterocycles. The molecular formula is C12H5BrN4O2. The first-order chi connectivity index (χ1) is 9.06. The maximum Gasteiger partial charge on any atom is 0.333 e. The number of rotatable bonds is 1. The van der Waals surface area contributed by atoms with Gasteiger partial charge in [-0.2, -0.15) is 10.5 Å². The van der Waals surface area contributed by atoms with Gasteiger partial charge in [0.15, 0.2) is 0 Å². The number of halogens is 1. The maximum absolute atomic E-state index is 11.7. The fourth-order valence-corrected chi connectivity index (χ4v) is 1.90. The van der Waals surface area contributed by atoms with Crippen molar-refractivity contribution in [3.8, 4) is 17.8 Å². The van der Waals surface area contributed by atoms with Crippen LogP contribution in [0.25, 0.3) is 5.69 Å². The first kappa shape index (κ1) is 12.8. The van der Waals surface area contributed by atoms with Crippen LogP contribution in [0.4, 0.5) is 0 Å². The number of benzene rings is 1. The van der Waals surface area contributed by atoms with Gasteiger partial charge in [-0.25, -0.2) is 4.79 Å². The Hall–Kier alpha value is -2.64. The summed E-state index contributed by atoms with van der Waals surface area (Å²) in [6.07, 6.45) is 1.12. The third-order valence-corrected chi connectivity index (χ3v) is 2.89. The summed E-state index contributed by atoms with van der Waals surface area (Å²) in [7, 11) is 0. The van der Waals surface area contributed by atoms with Crippen molar-refractivity contribution in [3.05, 3.63) is 60.8 Å². The largest absolute Gasteiger partial charge is 0.333 e. The molecule has 0 radical (unpaired) electrons. The fraction of sp³-hybridized carbons (Fsp3) is 0. The van der Waals surface area contributed by atoms with Crippen LogP contribution in [0.1, 0.15) is 11.1 Å². The van der Waals surface area contributed by atoms with E-state index in [0.29, 0.717) is 10.2 Å². The number of hydrogen-bond donors (Lipinski definition) is 1. The summed E-state index contributed by atoms with van der Waals surface area (Å²) in [5, 5.41) is 17.8. The molecular weight excluding hydrogens is 312 g/mol. The highest BCUT2D eigenvalue weighted by Gasteiger charge is 2.10. The number of nitrogens with zero attached hydrogens (tertiary/aromatic N) is 3. The van der Waals surface area contributed by atoms with Crippen molar-refractivity contribution >= 4 is 15.9 Å². The van der Waals surface area contributed by atoms with Crippen molar-refractivity contribution in [1.82, 2.24) is 9.55 Å². The zero-order valence-electron chi connectivity index (χ0n) is 9.35. The molecule has 0 saturated carbocycles. The molecule has 0 bridgehead atoms. The highest BCUT2D eigenvalue weighted by atomic mass is 79.9. The van der Waals surface area contributed by atoms with Crippen LogP contribution in [0, 0.1) is 22.7 Å². The summed E-state index contributed by atoms with van der Waals surface area (Å²) < 4.78 is 1.75. The Morgan fingerprint density at radius 3 is 2.47 bits per heavy atom. The van der Waals surface area contributed by atoms with Crippen molar-refractivity contribution in [2.45, 2.75) is 0 Å². The van der Waals surface area contributed by atoms with Gasteiger partial charge in [-0.05, 0) is 18.2 Å². The average Bonchev–Trinajstić information content (AvgIpc) is 2.39. The number of aromatic amines is 1.